The number of benzene rings is 1. The van der Waals surface area contributed by atoms with Gasteiger partial charge >= 0.3 is 5.69 Å². The highest BCUT2D eigenvalue weighted by atomic mass is 16.6. The minimum atomic E-state index is -0.410. The molecule has 2 rings (SSSR count). The molecule has 0 spiro atoms. The van der Waals surface area contributed by atoms with Crippen LogP contribution in [0.4, 0.5) is 11.4 Å². The fourth-order valence-electron chi connectivity index (χ4n) is 1.61. The Kier molecular flexibility index (Phi) is 2.46. The molecule has 0 aromatic heterocycles. The average Bonchev–Trinajstić information content (AvgIpc) is 2.95. The molecule has 16 heavy (non-hydrogen) atoms. The highest BCUT2D eigenvalue weighted by molar-refractivity contribution is 5.69. The molecular formula is C11H14N2O3. The van der Waals surface area contributed by atoms with Gasteiger partial charge in [0.2, 0.25) is 0 Å². The molecule has 0 unspecified atom stereocenters. The lowest BCUT2D eigenvalue weighted by Crippen LogP contribution is -2.17. The Morgan fingerprint density at radius 1 is 1.50 bits per heavy atom. The van der Waals surface area contributed by atoms with Gasteiger partial charge < -0.3 is 10.1 Å². The van der Waals surface area contributed by atoms with Crippen LogP contribution in [-0.2, 0) is 0 Å². The lowest BCUT2D eigenvalue weighted by Gasteiger charge is -2.14. The number of methoxy groups -OCH3 is 1. The van der Waals surface area contributed by atoms with Crippen LogP contribution in [0, 0.1) is 10.1 Å². The molecule has 1 saturated carbocycles. The first-order chi connectivity index (χ1) is 7.56. The van der Waals surface area contributed by atoms with Crippen molar-refractivity contribution in [3.8, 4) is 5.75 Å². The molecule has 1 fully saturated rings. The summed E-state index contributed by atoms with van der Waals surface area (Å²) in [7, 11) is 1.44. The number of nitrogens with one attached hydrogen (secondary N) is 1. The molecule has 0 atom stereocenters. The predicted molar refractivity (Wildman–Crippen MR) is 60.9 cm³/mol. The SMILES string of the molecule is COc1cccc(NC2(C)CC2)c1[N+](=O)[O-]. The van der Waals surface area contributed by atoms with E-state index in [2.05, 4.69) is 12.2 Å². The first-order valence-corrected chi connectivity index (χ1v) is 5.15. The Morgan fingerprint density at radius 3 is 2.69 bits per heavy atom. The molecule has 86 valence electrons. The van der Waals surface area contributed by atoms with Crippen LogP contribution in [0.1, 0.15) is 19.8 Å². The summed E-state index contributed by atoms with van der Waals surface area (Å²) in [6.45, 7) is 2.05. The van der Waals surface area contributed by atoms with Crippen LogP contribution in [-0.4, -0.2) is 17.6 Å². The van der Waals surface area contributed by atoms with Crippen LogP contribution < -0.4 is 10.1 Å². The fraction of sp³-hybridized carbons (Fsp3) is 0.455. The molecule has 0 amide bonds. The van der Waals surface area contributed by atoms with Gasteiger partial charge in [-0.2, -0.15) is 0 Å². The molecular weight excluding hydrogens is 208 g/mol. The summed E-state index contributed by atoms with van der Waals surface area (Å²) in [5.74, 6) is 0.291. The molecule has 1 N–H and O–H groups in total. The third-order valence-corrected chi connectivity index (χ3v) is 2.84. The van der Waals surface area contributed by atoms with Crippen LogP contribution in [0.5, 0.6) is 5.75 Å². The number of nitro groups is 1. The van der Waals surface area contributed by atoms with Crippen LogP contribution in [0.25, 0.3) is 0 Å². The van der Waals surface area contributed by atoms with Gasteiger partial charge in [-0.05, 0) is 31.9 Å². The third kappa shape index (κ3) is 1.93. The maximum Gasteiger partial charge on any atom is 0.333 e. The molecule has 0 radical (unpaired) electrons. The van der Waals surface area contributed by atoms with E-state index in [1.54, 1.807) is 18.2 Å². The monoisotopic (exact) mass is 222 g/mol. The minimum absolute atomic E-state index is 0.0110. The normalized spacial score (nSPS) is 16.6. The highest BCUT2D eigenvalue weighted by Gasteiger charge is 2.39. The Balaban J connectivity index is 2.39. The second kappa shape index (κ2) is 3.66. The number of para-hydroxylation sites is 1. The number of hydrogen-bond acceptors (Lipinski definition) is 4. The van der Waals surface area contributed by atoms with Crippen molar-refractivity contribution in [1.82, 2.24) is 0 Å². The van der Waals surface area contributed by atoms with E-state index in [0.717, 1.165) is 12.8 Å². The van der Waals surface area contributed by atoms with Crippen molar-refractivity contribution in [2.24, 2.45) is 0 Å². The summed E-state index contributed by atoms with van der Waals surface area (Å²) < 4.78 is 5.00. The summed E-state index contributed by atoms with van der Waals surface area (Å²) in [6, 6.07) is 5.06. The molecule has 1 aromatic rings. The zero-order valence-electron chi connectivity index (χ0n) is 9.32. The summed E-state index contributed by atoms with van der Waals surface area (Å²) in [6.07, 6.45) is 2.09. The number of rotatable bonds is 4. The molecule has 0 bridgehead atoms. The quantitative estimate of drug-likeness (QED) is 0.628. The van der Waals surface area contributed by atoms with Crippen molar-refractivity contribution >= 4 is 11.4 Å². The van der Waals surface area contributed by atoms with E-state index in [0.29, 0.717) is 11.4 Å². The van der Waals surface area contributed by atoms with E-state index in [1.165, 1.54) is 7.11 Å². The summed E-state index contributed by atoms with van der Waals surface area (Å²) >= 11 is 0. The van der Waals surface area contributed by atoms with Gasteiger partial charge in [0.05, 0.1) is 12.0 Å². The summed E-state index contributed by atoms with van der Waals surface area (Å²) in [5.41, 5.74) is 0.555. The van der Waals surface area contributed by atoms with Crippen LogP contribution in [0.15, 0.2) is 18.2 Å². The van der Waals surface area contributed by atoms with E-state index < -0.39 is 4.92 Å². The third-order valence-electron chi connectivity index (χ3n) is 2.84. The highest BCUT2D eigenvalue weighted by Crippen LogP contribution is 2.42. The minimum Gasteiger partial charge on any atom is -0.490 e. The zero-order chi connectivity index (χ0) is 11.8. The van der Waals surface area contributed by atoms with Crippen LogP contribution in [0.3, 0.4) is 0 Å². The number of ether oxygens (including phenoxy) is 1. The first-order valence-electron chi connectivity index (χ1n) is 5.15. The summed E-state index contributed by atoms with van der Waals surface area (Å²) in [4.78, 5) is 10.6. The molecule has 5 heteroatoms. The topological polar surface area (TPSA) is 64.4 Å². The van der Waals surface area contributed by atoms with Crippen LogP contribution in [0.2, 0.25) is 0 Å². The van der Waals surface area contributed by atoms with Crippen molar-refractivity contribution < 1.29 is 9.66 Å². The largest absolute Gasteiger partial charge is 0.490 e. The average molecular weight is 222 g/mol. The number of hydrogen-bond donors (Lipinski definition) is 1. The molecule has 1 aliphatic carbocycles. The maximum atomic E-state index is 11.0. The lowest BCUT2D eigenvalue weighted by molar-refractivity contribution is -0.384. The predicted octanol–water partition coefficient (Wildman–Crippen LogP) is 2.57. The Hall–Kier alpha value is -1.78. The second-order valence-corrected chi connectivity index (χ2v) is 4.30. The smallest absolute Gasteiger partial charge is 0.333 e. The Bertz CT molecular complexity index is 427. The first kappa shape index (κ1) is 10.7. The van der Waals surface area contributed by atoms with Crippen molar-refractivity contribution in [2.45, 2.75) is 25.3 Å². The second-order valence-electron chi connectivity index (χ2n) is 4.30. The van der Waals surface area contributed by atoms with E-state index in [9.17, 15) is 10.1 Å². The van der Waals surface area contributed by atoms with Crippen molar-refractivity contribution in [2.75, 3.05) is 12.4 Å². The van der Waals surface area contributed by atoms with Gasteiger partial charge in [0.1, 0.15) is 5.69 Å². The fourth-order valence-corrected chi connectivity index (χ4v) is 1.61. The molecule has 1 aliphatic rings. The van der Waals surface area contributed by atoms with Gasteiger partial charge in [-0.25, -0.2) is 0 Å². The molecule has 0 aliphatic heterocycles. The van der Waals surface area contributed by atoms with Gasteiger partial charge in [-0.15, -0.1) is 0 Å². The van der Waals surface area contributed by atoms with Crippen molar-refractivity contribution in [1.29, 1.82) is 0 Å². The van der Waals surface area contributed by atoms with E-state index in [-0.39, 0.29) is 11.2 Å². The van der Waals surface area contributed by atoms with Gasteiger partial charge in [0.25, 0.3) is 0 Å². The molecule has 5 nitrogen and oxygen atoms in total. The standard InChI is InChI=1S/C11H14N2O3/c1-11(6-7-11)12-8-4-3-5-9(16-2)10(8)13(14)15/h3-5,12H,6-7H2,1-2H3. The van der Waals surface area contributed by atoms with Gasteiger partial charge in [-0.3, -0.25) is 10.1 Å². The maximum absolute atomic E-state index is 11.0. The van der Waals surface area contributed by atoms with Gasteiger partial charge in [0, 0.05) is 5.54 Å². The summed E-state index contributed by atoms with van der Waals surface area (Å²) in [5, 5.41) is 14.2. The Morgan fingerprint density at radius 2 is 2.19 bits per heavy atom. The Labute approximate surface area is 93.6 Å². The van der Waals surface area contributed by atoms with Crippen LogP contribution >= 0.6 is 0 Å². The number of nitro benzene ring substituents is 1. The van der Waals surface area contributed by atoms with E-state index in [1.807, 2.05) is 0 Å². The van der Waals surface area contributed by atoms with E-state index >= 15 is 0 Å². The van der Waals surface area contributed by atoms with Gasteiger partial charge in [0.15, 0.2) is 5.75 Å². The molecule has 0 heterocycles. The lowest BCUT2D eigenvalue weighted by atomic mass is 10.2. The zero-order valence-corrected chi connectivity index (χ0v) is 9.32. The van der Waals surface area contributed by atoms with Gasteiger partial charge in [-0.1, -0.05) is 6.07 Å². The number of nitrogens with zero attached hydrogens (tertiary/aromatic N) is 1. The van der Waals surface area contributed by atoms with E-state index in [4.69, 9.17) is 4.74 Å². The number of anilines is 1. The molecule has 1 aromatic carbocycles. The van der Waals surface area contributed by atoms with Crippen molar-refractivity contribution in [3.63, 3.8) is 0 Å². The molecule has 0 saturated heterocycles. The van der Waals surface area contributed by atoms with Crippen molar-refractivity contribution in [3.05, 3.63) is 28.3 Å².